The highest BCUT2D eigenvalue weighted by Crippen LogP contribution is 2.22. The molecular weight excluding hydrogens is 278 g/mol. The molecule has 0 fully saturated rings. The maximum absolute atomic E-state index is 11.9. The molecule has 0 aliphatic rings. The summed E-state index contributed by atoms with van der Waals surface area (Å²) in [5, 5.41) is 5.78. The Labute approximate surface area is 132 Å². The number of anilines is 2. The van der Waals surface area contributed by atoms with E-state index in [-0.39, 0.29) is 11.8 Å². The zero-order chi connectivity index (χ0) is 16.5. The molecule has 0 saturated carbocycles. The number of carbonyl (C=O) groups is 2. The molecule has 1 rings (SSSR count). The summed E-state index contributed by atoms with van der Waals surface area (Å²) in [5.74, 6) is 0.246. The van der Waals surface area contributed by atoms with Crippen LogP contribution in [-0.2, 0) is 16.0 Å². The van der Waals surface area contributed by atoms with Crippen molar-refractivity contribution in [1.82, 2.24) is 0 Å². The molecule has 1 aromatic rings. The maximum atomic E-state index is 11.9. The number of aryl methyl sites for hydroxylation is 1. The lowest BCUT2D eigenvalue weighted by molar-refractivity contribution is -0.117. The normalized spacial score (nSPS) is 10.6. The minimum absolute atomic E-state index is 0.0142. The van der Waals surface area contributed by atoms with Gasteiger partial charge in [-0.3, -0.25) is 9.59 Å². The third-order valence-corrected chi connectivity index (χ3v) is 3.25. The Balaban J connectivity index is 2.79. The van der Waals surface area contributed by atoms with E-state index in [0.29, 0.717) is 37.4 Å². The predicted molar refractivity (Wildman–Crippen MR) is 90.8 cm³/mol. The van der Waals surface area contributed by atoms with Crippen LogP contribution in [0, 0.1) is 5.92 Å². The van der Waals surface area contributed by atoms with Crippen molar-refractivity contribution in [3.8, 4) is 0 Å². The standard InChI is InChI=1S/C17H27N3O2/c1-4-13-7-8-14(19-17(22)10-12(2)3)11-15(13)20-16(21)6-5-9-18/h7-8,11-12H,4-6,9-10,18H2,1-3H3,(H,19,22)(H,20,21). The largest absolute Gasteiger partial charge is 0.330 e. The topological polar surface area (TPSA) is 84.2 Å². The second-order valence-electron chi connectivity index (χ2n) is 5.81. The third kappa shape index (κ3) is 6.26. The van der Waals surface area contributed by atoms with Gasteiger partial charge in [-0.1, -0.05) is 26.8 Å². The van der Waals surface area contributed by atoms with Gasteiger partial charge in [0.25, 0.3) is 0 Å². The first-order valence-corrected chi connectivity index (χ1v) is 7.89. The fourth-order valence-electron chi connectivity index (χ4n) is 2.14. The predicted octanol–water partition coefficient (Wildman–Crippen LogP) is 2.91. The maximum Gasteiger partial charge on any atom is 0.224 e. The number of carbonyl (C=O) groups excluding carboxylic acids is 2. The molecule has 0 radical (unpaired) electrons. The van der Waals surface area contributed by atoms with Gasteiger partial charge in [0.1, 0.15) is 0 Å². The number of benzene rings is 1. The molecule has 0 unspecified atom stereocenters. The van der Waals surface area contributed by atoms with E-state index in [2.05, 4.69) is 10.6 Å². The summed E-state index contributed by atoms with van der Waals surface area (Å²) in [6.45, 7) is 6.53. The van der Waals surface area contributed by atoms with Crippen LogP contribution in [0.2, 0.25) is 0 Å². The SMILES string of the molecule is CCc1ccc(NC(=O)CC(C)C)cc1NC(=O)CCCN. The molecule has 2 amide bonds. The lowest BCUT2D eigenvalue weighted by Gasteiger charge is -2.13. The molecule has 0 atom stereocenters. The molecule has 0 spiro atoms. The van der Waals surface area contributed by atoms with Gasteiger partial charge in [0.2, 0.25) is 11.8 Å². The molecule has 22 heavy (non-hydrogen) atoms. The van der Waals surface area contributed by atoms with Gasteiger partial charge in [-0.2, -0.15) is 0 Å². The number of nitrogens with two attached hydrogens (primary N) is 1. The summed E-state index contributed by atoms with van der Waals surface area (Å²) in [4.78, 5) is 23.7. The first-order chi connectivity index (χ1) is 10.5. The van der Waals surface area contributed by atoms with Crippen LogP contribution in [0.1, 0.15) is 45.6 Å². The quantitative estimate of drug-likeness (QED) is 0.690. The van der Waals surface area contributed by atoms with Crippen molar-refractivity contribution in [3.05, 3.63) is 23.8 Å². The summed E-state index contributed by atoms with van der Waals surface area (Å²) in [5.41, 5.74) is 7.92. The Kier molecular flexibility index (Phi) is 7.60. The highest BCUT2D eigenvalue weighted by molar-refractivity contribution is 5.94. The fourth-order valence-corrected chi connectivity index (χ4v) is 2.14. The number of rotatable bonds is 8. The van der Waals surface area contributed by atoms with E-state index in [9.17, 15) is 9.59 Å². The molecule has 5 nitrogen and oxygen atoms in total. The molecule has 5 heteroatoms. The Morgan fingerprint density at radius 3 is 2.50 bits per heavy atom. The molecule has 0 aliphatic carbocycles. The van der Waals surface area contributed by atoms with Gasteiger partial charge < -0.3 is 16.4 Å². The van der Waals surface area contributed by atoms with Gasteiger partial charge in [-0.05, 0) is 43.0 Å². The Morgan fingerprint density at radius 1 is 1.18 bits per heavy atom. The molecular formula is C17H27N3O2. The van der Waals surface area contributed by atoms with Crippen LogP contribution in [-0.4, -0.2) is 18.4 Å². The number of nitrogens with one attached hydrogen (secondary N) is 2. The van der Waals surface area contributed by atoms with Crippen molar-refractivity contribution in [2.24, 2.45) is 11.7 Å². The van der Waals surface area contributed by atoms with Crippen LogP contribution < -0.4 is 16.4 Å². The Morgan fingerprint density at radius 2 is 1.91 bits per heavy atom. The van der Waals surface area contributed by atoms with Gasteiger partial charge in [-0.25, -0.2) is 0 Å². The van der Waals surface area contributed by atoms with E-state index < -0.39 is 0 Å². The van der Waals surface area contributed by atoms with Crippen molar-refractivity contribution < 1.29 is 9.59 Å². The van der Waals surface area contributed by atoms with Gasteiger partial charge in [0.15, 0.2) is 0 Å². The van der Waals surface area contributed by atoms with E-state index in [4.69, 9.17) is 5.73 Å². The van der Waals surface area contributed by atoms with Crippen LogP contribution >= 0.6 is 0 Å². The molecule has 0 aromatic heterocycles. The van der Waals surface area contributed by atoms with E-state index >= 15 is 0 Å². The highest BCUT2D eigenvalue weighted by atomic mass is 16.2. The first kappa shape index (κ1) is 18.2. The summed E-state index contributed by atoms with van der Waals surface area (Å²) < 4.78 is 0. The number of hydrogen-bond acceptors (Lipinski definition) is 3. The van der Waals surface area contributed by atoms with Crippen molar-refractivity contribution in [2.45, 2.75) is 46.5 Å². The van der Waals surface area contributed by atoms with Crippen LogP contribution in [0.15, 0.2) is 18.2 Å². The van der Waals surface area contributed by atoms with Gasteiger partial charge in [0.05, 0.1) is 0 Å². The summed E-state index contributed by atoms with van der Waals surface area (Å²) in [6.07, 6.45) is 2.36. The average Bonchev–Trinajstić information content (AvgIpc) is 2.44. The van der Waals surface area contributed by atoms with Gasteiger partial charge in [0, 0.05) is 24.2 Å². The number of amides is 2. The van der Waals surface area contributed by atoms with Crippen molar-refractivity contribution in [1.29, 1.82) is 0 Å². The Bertz CT molecular complexity index is 513. The summed E-state index contributed by atoms with van der Waals surface area (Å²) in [6, 6.07) is 5.62. The van der Waals surface area contributed by atoms with Gasteiger partial charge >= 0.3 is 0 Å². The first-order valence-electron chi connectivity index (χ1n) is 7.89. The third-order valence-electron chi connectivity index (χ3n) is 3.25. The van der Waals surface area contributed by atoms with Crippen molar-refractivity contribution in [3.63, 3.8) is 0 Å². The minimum atomic E-state index is -0.0502. The fraction of sp³-hybridized carbons (Fsp3) is 0.529. The van der Waals surface area contributed by atoms with Crippen molar-refractivity contribution >= 4 is 23.2 Å². The molecule has 0 heterocycles. The van der Waals surface area contributed by atoms with Crippen LogP contribution in [0.4, 0.5) is 11.4 Å². The lowest BCUT2D eigenvalue weighted by atomic mass is 10.1. The van der Waals surface area contributed by atoms with Crippen LogP contribution in [0.3, 0.4) is 0 Å². The zero-order valence-corrected chi connectivity index (χ0v) is 13.7. The average molecular weight is 305 g/mol. The molecule has 122 valence electrons. The molecule has 0 bridgehead atoms. The van der Waals surface area contributed by atoms with Gasteiger partial charge in [-0.15, -0.1) is 0 Å². The second kappa shape index (κ2) is 9.20. The highest BCUT2D eigenvalue weighted by Gasteiger charge is 2.09. The zero-order valence-electron chi connectivity index (χ0n) is 13.7. The molecule has 1 aromatic carbocycles. The molecule has 0 saturated heterocycles. The lowest BCUT2D eigenvalue weighted by Crippen LogP contribution is -2.16. The van der Waals surface area contributed by atoms with E-state index in [1.165, 1.54) is 0 Å². The second-order valence-corrected chi connectivity index (χ2v) is 5.81. The molecule has 0 aliphatic heterocycles. The molecule has 4 N–H and O–H groups in total. The monoisotopic (exact) mass is 305 g/mol. The number of hydrogen-bond donors (Lipinski definition) is 3. The smallest absolute Gasteiger partial charge is 0.224 e. The van der Waals surface area contributed by atoms with Crippen LogP contribution in [0.25, 0.3) is 0 Å². The Hall–Kier alpha value is -1.88. The van der Waals surface area contributed by atoms with E-state index in [1.54, 1.807) is 0 Å². The summed E-state index contributed by atoms with van der Waals surface area (Å²) >= 11 is 0. The van der Waals surface area contributed by atoms with E-state index in [1.807, 2.05) is 39.0 Å². The van der Waals surface area contributed by atoms with Crippen molar-refractivity contribution in [2.75, 3.05) is 17.2 Å². The van der Waals surface area contributed by atoms with Crippen LogP contribution in [0.5, 0.6) is 0 Å². The summed E-state index contributed by atoms with van der Waals surface area (Å²) in [7, 11) is 0. The minimum Gasteiger partial charge on any atom is -0.330 e. The van der Waals surface area contributed by atoms with E-state index in [0.717, 1.165) is 17.7 Å².